The first-order valence-electron chi connectivity index (χ1n) is 5.62. The van der Waals surface area contributed by atoms with Gasteiger partial charge in [0.25, 0.3) is 0 Å². The van der Waals surface area contributed by atoms with Gasteiger partial charge in [-0.15, -0.1) is 0 Å². The Morgan fingerprint density at radius 1 is 1.61 bits per heavy atom. The van der Waals surface area contributed by atoms with Crippen molar-refractivity contribution in [3.63, 3.8) is 0 Å². The first kappa shape index (κ1) is 14.5. The second-order valence-electron chi connectivity index (χ2n) is 4.33. The zero-order valence-electron chi connectivity index (χ0n) is 10.1. The van der Waals surface area contributed by atoms with Gasteiger partial charge in [0.2, 0.25) is 0 Å². The van der Waals surface area contributed by atoms with E-state index in [2.05, 4.69) is 27.3 Å². The number of nitrogens with one attached hydrogen (secondary N) is 1. The van der Waals surface area contributed by atoms with E-state index in [4.69, 9.17) is 5.11 Å². The normalized spacial score (nSPS) is 13.4. The number of halogens is 1. The number of benzene rings is 1. The second-order valence-corrected chi connectivity index (χ2v) is 5.24. The van der Waals surface area contributed by atoms with E-state index in [1.54, 1.807) is 6.92 Å². The monoisotopic (exact) mass is 310 g/mol. The van der Waals surface area contributed by atoms with Crippen LogP contribution < -0.4 is 5.32 Å². The lowest BCUT2D eigenvalue weighted by Crippen LogP contribution is -2.33. The van der Waals surface area contributed by atoms with Gasteiger partial charge in [0.15, 0.2) is 0 Å². The third kappa shape index (κ3) is 4.76. The van der Waals surface area contributed by atoms with Crippen molar-refractivity contribution in [3.05, 3.63) is 28.7 Å². The first-order chi connectivity index (χ1) is 8.45. The lowest BCUT2D eigenvalue weighted by atomic mass is 9.96. The predicted octanol–water partition coefficient (Wildman–Crippen LogP) is 3.40. The Labute approximate surface area is 115 Å². The summed E-state index contributed by atoms with van der Waals surface area (Å²) in [4.78, 5) is 10.5. The number of rotatable bonds is 6. The van der Waals surface area contributed by atoms with Crippen LogP contribution in [0.25, 0.3) is 0 Å². The predicted molar refractivity (Wildman–Crippen MR) is 73.3 cm³/mol. The highest BCUT2D eigenvalue weighted by Crippen LogP contribution is 2.22. The van der Waals surface area contributed by atoms with E-state index in [9.17, 15) is 10.1 Å². The summed E-state index contributed by atoms with van der Waals surface area (Å²) in [5.41, 5.74) is 0.0831. The fourth-order valence-electron chi connectivity index (χ4n) is 1.62. The Morgan fingerprint density at radius 2 is 2.33 bits per heavy atom. The molecule has 0 spiro atoms. The summed E-state index contributed by atoms with van der Waals surface area (Å²) in [5, 5.41) is 20.9. The van der Waals surface area contributed by atoms with Crippen LogP contribution in [0.1, 0.15) is 26.2 Å². The van der Waals surface area contributed by atoms with Crippen molar-refractivity contribution in [3.8, 4) is 6.07 Å². The summed E-state index contributed by atoms with van der Waals surface area (Å²) < 4.78 is 0.929. The molecule has 18 heavy (non-hydrogen) atoms. The van der Waals surface area contributed by atoms with E-state index in [1.807, 2.05) is 24.3 Å². The molecule has 1 atom stereocenters. The van der Waals surface area contributed by atoms with Crippen LogP contribution in [0.5, 0.6) is 0 Å². The summed E-state index contributed by atoms with van der Waals surface area (Å²) >= 11 is 3.36. The van der Waals surface area contributed by atoms with Crippen LogP contribution in [0.4, 0.5) is 5.69 Å². The highest BCUT2D eigenvalue weighted by Gasteiger charge is 2.23. The lowest BCUT2D eigenvalue weighted by molar-refractivity contribution is -0.137. The number of hydrogen-bond acceptors (Lipinski definition) is 3. The van der Waals surface area contributed by atoms with Gasteiger partial charge in [-0.05, 0) is 38.0 Å². The van der Waals surface area contributed by atoms with Crippen LogP contribution in [0, 0.1) is 11.3 Å². The molecule has 1 rings (SSSR count). The number of nitriles is 1. The van der Waals surface area contributed by atoms with Crippen LogP contribution in [-0.2, 0) is 4.79 Å². The van der Waals surface area contributed by atoms with E-state index in [0.717, 1.165) is 10.2 Å². The quantitative estimate of drug-likeness (QED) is 0.844. The Kier molecular flexibility index (Phi) is 5.17. The molecule has 96 valence electrons. The molecule has 0 aliphatic heterocycles. The fourth-order valence-corrected chi connectivity index (χ4v) is 2.02. The summed E-state index contributed by atoms with van der Waals surface area (Å²) in [6.45, 7) is 1.77. The maximum Gasteiger partial charge on any atom is 0.303 e. The molecule has 0 bridgehead atoms. The van der Waals surface area contributed by atoms with Crippen molar-refractivity contribution in [1.29, 1.82) is 5.26 Å². The molecular weight excluding hydrogens is 296 g/mol. The van der Waals surface area contributed by atoms with Gasteiger partial charge in [-0.3, -0.25) is 4.79 Å². The van der Waals surface area contributed by atoms with Crippen molar-refractivity contribution in [1.82, 2.24) is 0 Å². The molecule has 0 aliphatic rings. The van der Waals surface area contributed by atoms with Crippen LogP contribution in [0.15, 0.2) is 28.7 Å². The molecule has 1 unspecified atom stereocenters. The average Bonchev–Trinajstić information content (AvgIpc) is 2.28. The topological polar surface area (TPSA) is 73.1 Å². The molecule has 0 aromatic heterocycles. The molecule has 0 radical (unpaired) electrons. The molecule has 5 heteroatoms. The van der Waals surface area contributed by atoms with Crippen molar-refractivity contribution in [2.24, 2.45) is 0 Å². The Hall–Kier alpha value is -1.54. The van der Waals surface area contributed by atoms with Crippen molar-refractivity contribution < 1.29 is 9.90 Å². The van der Waals surface area contributed by atoms with Gasteiger partial charge in [0.1, 0.15) is 5.54 Å². The summed E-state index contributed by atoms with van der Waals surface area (Å²) in [7, 11) is 0. The van der Waals surface area contributed by atoms with Crippen molar-refractivity contribution in [2.45, 2.75) is 31.7 Å². The maximum absolute atomic E-state index is 10.5. The summed E-state index contributed by atoms with van der Waals surface area (Å²) in [6, 6.07) is 9.73. The second kappa shape index (κ2) is 6.41. The highest BCUT2D eigenvalue weighted by molar-refractivity contribution is 9.10. The van der Waals surface area contributed by atoms with Crippen LogP contribution in [0.3, 0.4) is 0 Å². The molecule has 0 amide bonds. The molecule has 0 heterocycles. The molecule has 1 aromatic rings. The van der Waals surface area contributed by atoms with Gasteiger partial charge >= 0.3 is 5.97 Å². The molecule has 0 aliphatic carbocycles. The van der Waals surface area contributed by atoms with Crippen LogP contribution >= 0.6 is 15.9 Å². The SMILES string of the molecule is CC(C#N)(CCCC(=O)O)Nc1cccc(Br)c1. The van der Waals surface area contributed by atoms with Gasteiger partial charge < -0.3 is 10.4 Å². The zero-order valence-corrected chi connectivity index (χ0v) is 11.7. The Balaban J connectivity index is 2.65. The van der Waals surface area contributed by atoms with Crippen LogP contribution in [0.2, 0.25) is 0 Å². The first-order valence-corrected chi connectivity index (χ1v) is 6.41. The number of nitrogens with zero attached hydrogens (tertiary/aromatic N) is 1. The number of carbonyl (C=O) groups is 1. The Morgan fingerprint density at radius 3 is 2.89 bits per heavy atom. The smallest absolute Gasteiger partial charge is 0.303 e. The summed E-state index contributed by atoms with van der Waals surface area (Å²) in [6.07, 6.45) is 1.04. The lowest BCUT2D eigenvalue weighted by Gasteiger charge is -2.24. The van der Waals surface area contributed by atoms with Crippen molar-refractivity contribution >= 4 is 27.6 Å². The molecule has 1 aromatic carbocycles. The molecular formula is C13H15BrN2O2. The van der Waals surface area contributed by atoms with Gasteiger partial charge in [-0.1, -0.05) is 22.0 Å². The number of carboxylic acid groups (broad SMARTS) is 1. The molecule has 2 N–H and O–H groups in total. The molecule has 0 saturated heterocycles. The minimum absolute atomic E-state index is 0.0808. The molecule has 4 nitrogen and oxygen atoms in total. The van der Waals surface area contributed by atoms with E-state index >= 15 is 0 Å². The van der Waals surface area contributed by atoms with Gasteiger partial charge in [0, 0.05) is 16.6 Å². The minimum Gasteiger partial charge on any atom is -0.481 e. The van der Waals surface area contributed by atoms with E-state index in [1.165, 1.54) is 0 Å². The molecule has 0 fully saturated rings. The van der Waals surface area contributed by atoms with Gasteiger partial charge in [-0.2, -0.15) is 5.26 Å². The van der Waals surface area contributed by atoms with E-state index in [0.29, 0.717) is 12.8 Å². The standard InChI is InChI=1S/C13H15BrN2O2/c1-13(9-15,7-3-6-12(17)18)16-11-5-2-4-10(14)8-11/h2,4-5,8,16H,3,6-7H2,1H3,(H,17,18). The van der Waals surface area contributed by atoms with Crippen LogP contribution in [-0.4, -0.2) is 16.6 Å². The number of anilines is 1. The zero-order chi connectivity index (χ0) is 13.6. The highest BCUT2D eigenvalue weighted by atomic mass is 79.9. The fraction of sp³-hybridized carbons (Fsp3) is 0.385. The Bertz CT molecular complexity index is 470. The van der Waals surface area contributed by atoms with E-state index in [-0.39, 0.29) is 6.42 Å². The number of hydrogen-bond donors (Lipinski definition) is 2. The summed E-state index contributed by atoms with van der Waals surface area (Å²) in [5.74, 6) is -0.835. The largest absolute Gasteiger partial charge is 0.481 e. The van der Waals surface area contributed by atoms with E-state index < -0.39 is 11.5 Å². The number of aliphatic carboxylic acids is 1. The maximum atomic E-state index is 10.5. The van der Waals surface area contributed by atoms with Crippen molar-refractivity contribution in [2.75, 3.05) is 5.32 Å². The van der Waals surface area contributed by atoms with Gasteiger partial charge in [0.05, 0.1) is 6.07 Å². The van der Waals surface area contributed by atoms with Gasteiger partial charge in [-0.25, -0.2) is 0 Å². The average molecular weight is 311 g/mol. The molecule has 0 saturated carbocycles. The third-order valence-electron chi connectivity index (χ3n) is 2.56. The number of carboxylic acids is 1. The minimum atomic E-state index is -0.835. The third-order valence-corrected chi connectivity index (χ3v) is 3.05.